The van der Waals surface area contributed by atoms with Crippen LogP contribution in [0.1, 0.15) is 27.8 Å². The quantitative estimate of drug-likeness (QED) is 0.746. The zero-order valence-electron chi connectivity index (χ0n) is 12.9. The van der Waals surface area contributed by atoms with Crippen molar-refractivity contribution < 1.29 is 27.5 Å². The van der Waals surface area contributed by atoms with Gasteiger partial charge in [-0.3, -0.25) is 9.82 Å². The van der Waals surface area contributed by atoms with Crippen LogP contribution in [-0.4, -0.2) is 44.3 Å². The topological polar surface area (TPSA) is 127 Å². The number of H-pyrrole nitrogens is 1. The number of esters is 2. The fourth-order valence-electron chi connectivity index (χ4n) is 1.75. The molecule has 10 heteroatoms. The monoisotopic (exact) mass is 353 g/mol. The number of anilines is 1. The van der Waals surface area contributed by atoms with Gasteiger partial charge in [0, 0.05) is 11.8 Å². The number of aromatic nitrogens is 2. The number of carbonyl (C=O) groups excluding carboxylic acids is 2. The average Bonchev–Trinajstić information content (AvgIpc) is 3.06. The minimum atomic E-state index is -3.97. The van der Waals surface area contributed by atoms with E-state index in [1.807, 2.05) is 0 Å². The molecule has 2 rings (SSSR count). The highest BCUT2D eigenvalue weighted by Crippen LogP contribution is 2.16. The first kappa shape index (κ1) is 17.5. The van der Waals surface area contributed by atoms with E-state index in [-0.39, 0.29) is 28.6 Å². The van der Waals surface area contributed by atoms with Crippen LogP contribution in [0.4, 0.5) is 5.69 Å². The van der Waals surface area contributed by atoms with E-state index in [2.05, 4.69) is 19.7 Å². The Morgan fingerprint density at radius 1 is 1.21 bits per heavy atom. The van der Waals surface area contributed by atoms with Crippen LogP contribution in [0.25, 0.3) is 0 Å². The smallest absolute Gasteiger partial charge is 0.358 e. The van der Waals surface area contributed by atoms with E-state index in [0.717, 1.165) is 6.07 Å². The molecule has 1 aromatic heterocycles. The Bertz CT molecular complexity index is 842. The second kappa shape index (κ2) is 7.13. The van der Waals surface area contributed by atoms with Gasteiger partial charge in [-0.2, -0.15) is 13.5 Å². The first-order chi connectivity index (χ1) is 11.4. The number of nitrogens with zero attached hydrogens (tertiary/aromatic N) is 1. The number of rotatable bonds is 6. The van der Waals surface area contributed by atoms with Gasteiger partial charge < -0.3 is 9.47 Å². The Labute approximate surface area is 138 Å². The third kappa shape index (κ3) is 3.90. The first-order valence-electron chi connectivity index (χ1n) is 6.81. The average molecular weight is 353 g/mol. The van der Waals surface area contributed by atoms with Crippen molar-refractivity contribution in [3.8, 4) is 0 Å². The highest BCUT2D eigenvalue weighted by molar-refractivity contribution is 7.92. The van der Waals surface area contributed by atoms with Crippen molar-refractivity contribution in [1.29, 1.82) is 0 Å². The Balaban J connectivity index is 2.16. The predicted octanol–water partition coefficient (Wildman–Crippen LogP) is 1.17. The third-order valence-electron chi connectivity index (χ3n) is 2.89. The number of sulfonamides is 1. The zero-order chi connectivity index (χ0) is 17.7. The van der Waals surface area contributed by atoms with Crippen LogP contribution in [0.5, 0.6) is 0 Å². The van der Waals surface area contributed by atoms with Gasteiger partial charge in [-0.05, 0) is 31.2 Å². The van der Waals surface area contributed by atoms with Crippen LogP contribution in [0.2, 0.25) is 0 Å². The number of aromatic amines is 1. The summed E-state index contributed by atoms with van der Waals surface area (Å²) < 4.78 is 36.1. The van der Waals surface area contributed by atoms with Crippen molar-refractivity contribution in [3.63, 3.8) is 0 Å². The summed E-state index contributed by atoms with van der Waals surface area (Å²) in [6.45, 7) is 1.78. The summed E-state index contributed by atoms with van der Waals surface area (Å²) in [5.74, 6) is -1.25. The van der Waals surface area contributed by atoms with E-state index in [1.54, 1.807) is 6.92 Å². The molecule has 0 fully saturated rings. The summed E-state index contributed by atoms with van der Waals surface area (Å²) in [5, 5.41) is 5.59. The maximum Gasteiger partial charge on any atom is 0.358 e. The van der Waals surface area contributed by atoms with Gasteiger partial charge in [-0.1, -0.05) is 0 Å². The van der Waals surface area contributed by atoms with Gasteiger partial charge in [0.25, 0.3) is 10.0 Å². The molecule has 0 radical (unpaired) electrons. The van der Waals surface area contributed by atoms with Crippen molar-refractivity contribution in [2.75, 3.05) is 18.4 Å². The second-order valence-corrected chi connectivity index (χ2v) is 6.16. The van der Waals surface area contributed by atoms with Crippen molar-refractivity contribution in [2.24, 2.45) is 0 Å². The summed E-state index contributed by atoms with van der Waals surface area (Å²) in [7, 11) is -2.72. The lowest BCUT2D eigenvalue weighted by Crippen LogP contribution is -2.13. The number of ether oxygens (including phenoxy) is 2. The molecule has 0 aliphatic rings. The van der Waals surface area contributed by atoms with Crippen molar-refractivity contribution in [2.45, 2.75) is 11.9 Å². The van der Waals surface area contributed by atoms with Crippen molar-refractivity contribution in [1.82, 2.24) is 10.2 Å². The predicted molar refractivity (Wildman–Crippen MR) is 83.1 cm³/mol. The van der Waals surface area contributed by atoms with Crippen molar-refractivity contribution in [3.05, 3.63) is 41.6 Å². The second-order valence-electron chi connectivity index (χ2n) is 4.51. The zero-order valence-corrected chi connectivity index (χ0v) is 13.7. The number of hydrogen-bond acceptors (Lipinski definition) is 7. The molecule has 2 N–H and O–H groups in total. The summed E-state index contributed by atoms with van der Waals surface area (Å²) in [6, 6.07) is 6.73. The normalized spacial score (nSPS) is 10.9. The number of nitrogens with one attached hydrogen (secondary N) is 2. The van der Waals surface area contributed by atoms with E-state index < -0.39 is 22.0 Å². The number of hydrogen-bond donors (Lipinski definition) is 2. The molecule has 128 valence electrons. The van der Waals surface area contributed by atoms with E-state index >= 15 is 0 Å². The molecule has 0 aliphatic heterocycles. The molecule has 0 saturated carbocycles. The highest BCUT2D eigenvalue weighted by Gasteiger charge is 2.21. The minimum absolute atomic E-state index is 0.140. The first-order valence-corrected chi connectivity index (χ1v) is 8.29. The highest BCUT2D eigenvalue weighted by atomic mass is 32.2. The summed E-state index contributed by atoms with van der Waals surface area (Å²) in [6.07, 6.45) is 0. The largest absolute Gasteiger partial charge is 0.465 e. The number of carbonyl (C=O) groups is 2. The molecule has 1 heterocycles. The van der Waals surface area contributed by atoms with Gasteiger partial charge >= 0.3 is 11.9 Å². The van der Waals surface area contributed by atoms with Crippen LogP contribution in [-0.2, 0) is 19.5 Å². The van der Waals surface area contributed by atoms with E-state index in [0.29, 0.717) is 0 Å². The lowest BCUT2D eigenvalue weighted by molar-refractivity contribution is 0.0518. The van der Waals surface area contributed by atoms with Gasteiger partial charge in [0.1, 0.15) is 0 Å². The number of benzene rings is 1. The Hall–Kier alpha value is -2.88. The Morgan fingerprint density at radius 3 is 2.46 bits per heavy atom. The minimum Gasteiger partial charge on any atom is -0.465 e. The van der Waals surface area contributed by atoms with Crippen LogP contribution in [0, 0.1) is 0 Å². The van der Waals surface area contributed by atoms with Gasteiger partial charge in [0.2, 0.25) is 0 Å². The van der Waals surface area contributed by atoms with Crippen LogP contribution < -0.4 is 4.72 Å². The molecule has 0 atom stereocenters. The maximum atomic E-state index is 12.2. The van der Waals surface area contributed by atoms with Gasteiger partial charge in [0.05, 0.1) is 19.3 Å². The molecule has 1 aromatic carbocycles. The maximum absolute atomic E-state index is 12.2. The summed E-state index contributed by atoms with van der Waals surface area (Å²) in [4.78, 5) is 22.8. The lowest BCUT2D eigenvalue weighted by Gasteiger charge is -2.06. The molecule has 0 saturated heterocycles. The summed E-state index contributed by atoms with van der Waals surface area (Å²) in [5.41, 5.74) is 0.375. The van der Waals surface area contributed by atoms with Crippen molar-refractivity contribution >= 4 is 27.6 Å². The molecule has 0 bridgehead atoms. The van der Waals surface area contributed by atoms with Crippen LogP contribution >= 0.6 is 0 Å². The van der Waals surface area contributed by atoms with Gasteiger partial charge in [-0.25, -0.2) is 9.59 Å². The molecule has 24 heavy (non-hydrogen) atoms. The molecule has 9 nitrogen and oxygen atoms in total. The lowest BCUT2D eigenvalue weighted by atomic mass is 10.2. The molecule has 0 spiro atoms. The van der Waals surface area contributed by atoms with E-state index in [4.69, 9.17) is 4.74 Å². The molecular weight excluding hydrogens is 338 g/mol. The van der Waals surface area contributed by atoms with E-state index in [9.17, 15) is 18.0 Å². The molecule has 2 aromatic rings. The molecular formula is C14H15N3O6S. The molecule has 0 aliphatic carbocycles. The van der Waals surface area contributed by atoms with Crippen LogP contribution in [0.15, 0.2) is 35.4 Å². The Kier molecular flexibility index (Phi) is 5.19. The fourth-order valence-corrected chi connectivity index (χ4v) is 2.74. The van der Waals surface area contributed by atoms with E-state index in [1.165, 1.54) is 31.4 Å². The fraction of sp³-hybridized carbons (Fsp3) is 0.214. The standard InChI is InChI=1S/C14H15N3O6S/c1-3-23-14(19)11-8-12(16-15-11)24(20,21)17-10-6-4-9(5-7-10)13(18)22-2/h4-8,17H,3H2,1-2H3,(H,15,16). The number of methoxy groups -OCH3 is 1. The molecule has 0 unspecified atom stereocenters. The Morgan fingerprint density at radius 2 is 1.88 bits per heavy atom. The SMILES string of the molecule is CCOC(=O)c1cc(S(=O)(=O)Nc2ccc(C(=O)OC)cc2)[nH]n1. The summed E-state index contributed by atoms with van der Waals surface area (Å²) >= 11 is 0. The molecule has 0 amide bonds. The third-order valence-corrected chi connectivity index (χ3v) is 4.18. The van der Waals surface area contributed by atoms with Crippen LogP contribution in [0.3, 0.4) is 0 Å². The van der Waals surface area contributed by atoms with Gasteiger partial charge in [0.15, 0.2) is 10.7 Å². The van der Waals surface area contributed by atoms with Gasteiger partial charge in [-0.15, -0.1) is 0 Å².